The van der Waals surface area contributed by atoms with Crippen LogP contribution in [0.5, 0.6) is 0 Å². The van der Waals surface area contributed by atoms with Crippen molar-refractivity contribution in [3.05, 3.63) is 143 Å². The van der Waals surface area contributed by atoms with E-state index in [4.69, 9.17) is 12.8 Å². The molecule has 0 aliphatic carbocycles. The molecular formula is C35H36. The van der Waals surface area contributed by atoms with E-state index < -0.39 is 0 Å². The normalized spacial score (nSPS) is 11.0. The van der Waals surface area contributed by atoms with Crippen molar-refractivity contribution >= 4 is 11.1 Å². The van der Waals surface area contributed by atoms with Crippen molar-refractivity contribution in [1.29, 1.82) is 0 Å². The highest BCUT2D eigenvalue weighted by Crippen LogP contribution is 2.37. The molecule has 3 aromatic carbocycles. The van der Waals surface area contributed by atoms with Gasteiger partial charge in [0.15, 0.2) is 0 Å². The first kappa shape index (κ1) is 28.8. The minimum absolute atomic E-state index is 0.850. The molecule has 0 saturated heterocycles. The van der Waals surface area contributed by atoms with Crippen LogP contribution in [0.1, 0.15) is 62.4 Å². The summed E-state index contributed by atoms with van der Waals surface area (Å²) in [6, 6.07) is 26.6. The van der Waals surface area contributed by atoms with Crippen molar-refractivity contribution in [3.63, 3.8) is 0 Å². The van der Waals surface area contributed by atoms with Crippen LogP contribution in [0.15, 0.2) is 115 Å². The van der Waals surface area contributed by atoms with Crippen LogP contribution in [-0.4, -0.2) is 0 Å². The van der Waals surface area contributed by atoms with Crippen molar-refractivity contribution < 1.29 is 0 Å². The van der Waals surface area contributed by atoms with E-state index in [9.17, 15) is 0 Å². The molecular weight excluding hydrogens is 420 g/mol. The van der Waals surface area contributed by atoms with Crippen molar-refractivity contribution in [2.45, 2.75) is 34.6 Å². The molecule has 0 N–H and O–H groups in total. The second kappa shape index (κ2) is 16.4. The third kappa shape index (κ3) is 7.92. The van der Waals surface area contributed by atoms with Gasteiger partial charge in [-0.25, -0.2) is 0 Å². The predicted molar refractivity (Wildman–Crippen MR) is 157 cm³/mol. The van der Waals surface area contributed by atoms with Gasteiger partial charge in [-0.15, -0.1) is 12.8 Å². The van der Waals surface area contributed by atoms with Gasteiger partial charge in [0.2, 0.25) is 0 Å². The largest absolute Gasteiger partial charge is 0.115 e. The molecule has 0 spiro atoms. The smallest absolute Gasteiger partial charge is 0.0243 e. The molecule has 35 heavy (non-hydrogen) atoms. The molecule has 0 heteroatoms. The standard InChI is InChI=1S/C31H24.2C2H6/c1-5-12-26(13-6-2)30(28-20-16-24(7-3)17-21-28)31(27-14-10-9-11-15-27)29-22-18-25(8-4)19-23-29;2*1-2/h3-6,9-23H,1H2,2H3;2*1-2H3/b13-6-,26-12+,31-30+;;. The van der Waals surface area contributed by atoms with Crippen molar-refractivity contribution in [2.24, 2.45) is 0 Å². The van der Waals surface area contributed by atoms with E-state index in [1.165, 1.54) is 0 Å². The average molecular weight is 457 g/mol. The second-order valence-corrected chi connectivity index (χ2v) is 6.92. The lowest BCUT2D eigenvalue weighted by atomic mass is 9.84. The monoisotopic (exact) mass is 456 g/mol. The van der Waals surface area contributed by atoms with Gasteiger partial charge in [-0.1, -0.05) is 125 Å². The Balaban J connectivity index is 0.00000145. The molecule has 0 fully saturated rings. The first-order valence-corrected chi connectivity index (χ1v) is 12.1. The molecule has 3 aromatic rings. The minimum Gasteiger partial charge on any atom is -0.115 e. The lowest BCUT2D eigenvalue weighted by molar-refractivity contribution is 1.49. The van der Waals surface area contributed by atoms with Gasteiger partial charge in [-0.05, 0) is 64.6 Å². The first-order chi connectivity index (χ1) is 17.2. The van der Waals surface area contributed by atoms with E-state index in [1.807, 2.05) is 83.2 Å². The fourth-order valence-electron chi connectivity index (χ4n) is 3.51. The Bertz CT molecular complexity index is 1210. The fourth-order valence-corrected chi connectivity index (χ4v) is 3.51. The molecule has 0 nitrogen and oxygen atoms in total. The molecule has 0 saturated carbocycles. The summed E-state index contributed by atoms with van der Waals surface area (Å²) in [6.07, 6.45) is 19.2. The predicted octanol–water partition coefficient (Wildman–Crippen LogP) is 9.35. The Hall–Kier alpha value is -4.26. The van der Waals surface area contributed by atoms with E-state index in [0.717, 1.165) is 44.5 Å². The van der Waals surface area contributed by atoms with E-state index in [-0.39, 0.29) is 0 Å². The Morgan fingerprint density at radius 3 is 1.57 bits per heavy atom. The van der Waals surface area contributed by atoms with Crippen LogP contribution in [0.25, 0.3) is 11.1 Å². The molecule has 0 aliphatic heterocycles. The average Bonchev–Trinajstić information content (AvgIpc) is 2.94. The van der Waals surface area contributed by atoms with Gasteiger partial charge < -0.3 is 0 Å². The molecule has 0 atom stereocenters. The number of terminal acetylenes is 2. The van der Waals surface area contributed by atoms with Crippen LogP contribution in [0.2, 0.25) is 0 Å². The summed E-state index contributed by atoms with van der Waals surface area (Å²) < 4.78 is 0. The van der Waals surface area contributed by atoms with Crippen molar-refractivity contribution in [1.82, 2.24) is 0 Å². The molecule has 0 aromatic heterocycles. The highest BCUT2D eigenvalue weighted by atomic mass is 14.2. The first-order valence-electron chi connectivity index (χ1n) is 12.1. The highest BCUT2D eigenvalue weighted by molar-refractivity contribution is 6.05. The van der Waals surface area contributed by atoms with E-state index in [2.05, 4.69) is 73.0 Å². The topological polar surface area (TPSA) is 0 Å². The maximum atomic E-state index is 5.59. The van der Waals surface area contributed by atoms with Crippen LogP contribution >= 0.6 is 0 Å². The summed E-state index contributed by atoms with van der Waals surface area (Å²) in [4.78, 5) is 0. The third-order valence-electron chi connectivity index (χ3n) is 4.93. The number of rotatable bonds is 6. The lowest BCUT2D eigenvalue weighted by Crippen LogP contribution is -1.98. The molecule has 0 bridgehead atoms. The van der Waals surface area contributed by atoms with E-state index >= 15 is 0 Å². The summed E-state index contributed by atoms with van der Waals surface area (Å²) in [7, 11) is 0. The molecule has 3 rings (SSSR count). The van der Waals surface area contributed by atoms with Crippen LogP contribution < -0.4 is 0 Å². The lowest BCUT2D eigenvalue weighted by Gasteiger charge is -2.19. The summed E-state index contributed by atoms with van der Waals surface area (Å²) in [5.74, 6) is 5.40. The zero-order valence-corrected chi connectivity index (χ0v) is 21.7. The third-order valence-corrected chi connectivity index (χ3v) is 4.93. The summed E-state index contributed by atoms with van der Waals surface area (Å²) >= 11 is 0. The van der Waals surface area contributed by atoms with E-state index in [0.29, 0.717) is 0 Å². The summed E-state index contributed by atoms with van der Waals surface area (Å²) in [6.45, 7) is 13.9. The zero-order chi connectivity index (χ0) is 26.1. The molecule has 0 heterocycles. The van der Waals surface area contributed by atoms with Crippen LogP contribution in [-0.2, 0) is 0 Å². The maximum Gasteiger partial charge on any atom is 0.0243 e. The maximum absolute atomic E-state index is 5.59. The molecule has 0 aliphatic rings. The fraction of sp³-hybridized carbons (Fsp3) is 0.143. The van der Waals surface area contributed by atoms with Crippen molar-refractivity contribution in [2.75, 3.05) is 0 Å². The van der Waals surface area contributed by atoms with Crippen molar-refractivity contribution in [3.8, 4) is 24.7 Å². The van der Waals surface area contributed by atoms with Gasteiger partial charge in [0.1, 0.15) is 0 Å². The van der Waals surface area contributed by atoms with Gasteiger partial charge in [-0.3, -0.25) is 0 Å². The Kier molecular flexibility index (Phi) is 13.5. The number of benzene rings is 3. The van der Waals surface area contributed by atoms with Crippen LogP contribution in [0.3, 0.4) is 0 Å². The molecule has 0 unspecified atom stereocenters. The Labute approximate surface area is 213 Å². The molecule has 176 valence electrons. The van der Waals surface area contributed by atoms with Crippen LogP contribution in [0, 0.1) is 24.7 Å². The highest BCUT2D eigenvalue weighted by Gasteiger charge is 2.16. The summed E-state index contributed by atoms with van der Waals surface area (Å²) in [5, 5.41) is 0. The number of hydrogen-bond acceptors (Lipinski definition) is 0. The van der Waals surface area contributed by atoms with Gasteiger partial charge in [0, 0.05) is 11.1 Å². The van der Waals surface area contributed by atoms with Crippen LogP contribution in [0.4, 0.5) is 0 Å². The second-order valence-electron chi connectivity index (χ2n) is 6.92. The molecule has 0 amide bonds. The number of allylic oxidation sites excluding steroid dienone is 6. The molecule has 0 radical (unpaired) electrons. The van der Waals surface area contributed by atoms with Gasteiger partial charge >= 0.3 is 0 Å². The summed E-state index contributed by atoms with van der Waals surface area (Å²) in [5.41, 5.74) is 8.25. The Morgan fingerprint density at radius 2 is 1.14 bits per heavy atom. The van der Waals surface area contributed by atoms with E-state index in [1.54, 1.807) is 0 Å². The van der Waals surface area contributed by atoms with Gasteiger partial charge in [0.25, 0.3) is 0 Å². The van der Waals surface area contributed by atoms with Gasteiger partial charge in [-0.2, -0.15) is 0 Å². The Morgan fingerprint density at radius 1 is 0.686 bits per heavy atom. The van der Waals surface area contributed by atoms with Gasteiger partial charge in [0.05, 0.1) is 0 Å². The zero-order valence-electron chi connectivity index (χ0n) is 21.7. The number of hydrogen-bond donors (Lipinski definition) is 0. The minimum atomic E-state index is 0.850. The quantitative estimate of drug-likeness (QED) is 0.197. The SMILES string of the molecule is C#Cc1ccc(C(=C(\c2ccccc2)c2ccc(C#C)cc2)/C(/C=C\C)=C/C=C)cc1.CC.CC.